The minimum Gasteiger partial charge on any atom is -0.271 e. The van der Waals surface area contributed by atoms with Crippen molar-refractivity contribution < 1.29 is 12.8 Å². The molecule has 0 aliphatic rings. The highest BCUT2D eigenvalue weighted by Crippen LogP contribution is 2.35. The Bertz CT molecular complexity index is 559. The molecule has 0 spiro atoms. The van der Waals surface area contributed by atoms with E-state index >= 15 is 0 Å². The van der Waals surface area contributed by atoms with Crippen molar-refractivity contribution in [2.75, 3.05) is 6.26 Å². The molecule has 0 saturated heterocycles. The highest BCUT2D eigenvalue weighted by Gasteiger charge is 2.41. The van der Waals surface area contributed by atoms with Crippen LogP contribution in [0.3, 0.4) is 0 Å². The summed E-state index contributed by atoms with van der Waals surface area (Å²) in [4.78, 5) is 0. The van der Waals surface area contributed by atoms with Crippen molar-refractivity contribution >= 4 is 9.84 Å². The van der Waals surface area contributed by atoms with Crippen LogP contribution in [0.2, 0.25) is 0 Å². The molecule has 0 amide bonds. The number of aryl methyl sites for hydroxylation is 2. The largest absolute Gasteiger partial charge is 0.271 e. The molecular formula is C13H21FN2O2S. The van der Waals surface area contributed by atoms with E-state index in [-0.39, 0.29) is 0 Å². The highest BCUT2D eigenvalue weighted by molar-refractivity contribution is 7.92. The second-order valence-electron chi connectivity index (χ2n) is 5.45. The molecule has 0 aromatic heterocycles. The van der Waals surface area contributed by atoms with Crippen molar-refractivity contribution in [1.82, 2.24) is 5.43 Å². The molecular weight excluding hydrogens is 267 g/mol. The average Bonchev–Trinajstić information content (AvgIpc) is 2.20. The van der Waals surface area contributed by atoms with Gasteiger partial charge in [0.25, 0.3) is 0 Å². The van der Waals surface area contributed by atoms with Gasteiger partial charge in [-0.2, -0.15) is 0 Å². The topological polar surface area (TPSA) is 72.2 Å². The number of nitrogens with two attached hydrogens (primary N) is 1. The van der Waals surface area contributed by atoms with Gasteiger partial charge in [-0.3, -0.25) is 11.3 Å². The lowest BCUT2D eigenvalue weighted by atomic mass is 9.91. The Morgan fingerprint density at radius 1 is 1.32 bits per heavy atom. The molecule has 0 aliphatic heterocycles. The van der Waals surface area contributed by atoms with Crippen LogP contribution in [0.25, 0.3) is 0 Å². The average molecular weight is 288 g/mol. The highest BCUT2D eigenvalue weighted by atomic mass is 32.2. The van der Waals surface area contributed by atoms with E-state index in [9.17, 15) is 12.8 Å². The summed E-state index contributed by atoms with van der Waals surface area (Å²) in [5.74, 6) is 5.04. The molecule has 19 heavy (non-hydrogen) atoms. The molecule has 0 bridgehead atoms. The lowest BCUT2D eigenvalue weighted by Crippen LogP contribution is -2.48. The van der Waals surface area contributed by atoms with Crippen LogP contribution in [-0.4, -0.2) is 19.4 Å². The molecule has 1 aromatic carbocycles. The molecule has 3 N–H and O–H groups in total. The maximum atomic E-state index is 14.2. The van der Waals surface area contributed by atoms with Gasteiger partial charge in [-0.05, 0) is 44.9 Å². The van der Waals surface area contributed by atoms with Crippen LogP contribution < -0.4 is 11.3 Å². The summed E-state index contributed by atoms with van der Waals surface area (Å²) in [6, 6.07) is 2.37. The van der Waals surface area contributed by atoms with Gasteiger partial charge in [-0.15, -0.1) is 0 Å². The minimum atomic E-state index is -3.41. The molecule has 6 heteroatoms. The maximum Gasteiger partial charge on any atom is 0.154 e. The lowest BCUT2D eigenvalue weighted by Gasteiger charge is -2.33. The summed E-state index contributed by atoms with van der Waals surface area (Å²) in [5.41, 5.74) is 4.20. The van der Waals surface area contributed by atoms with Crippen LogP contribution in [-0.2, 0) is 9.84 Å². The third-order valence-corrected chi connectivity index (χ3v) is 5.73. The third-order valence-electron chi connectivity index (χ3n) is 3.59. The van der Waals surface area contributed by atoms with Crippen molar-refractivity contribution in [3.63, 3.8) is 0 Å². The molecule has 0 radical (unpaired) electrons. The molecule has 0 saturated carbocycles. The number of benzene rings is 1. The van der Waals surface area contributed by atoms with E-state index in [4.69, 9.17) is 5.84 Å². The summed E-state index contributed by atoms with van der Waals surface area (Å²) in [7, 11) is -3.41. The van der Waals surface area contributed by atoms with E-state index < -0.39 is 26.4 Å². The fourth-order valence-electron chi connectivity index (χ4n) is 2.14. The zero-order chi connectivity index (χ0) is 15.0. The molecule has 1 unspecified atom stereocenters. The van der Waals surface area contributed by atoms with Crippen LogP contribution in [0.4, 0.5) is 4.39 Å². The minimum absolute atomic E-state index is 0.295. The Labute approximate surface area is 114 Å². The third kappa shape index (κ3) is 2.96. The zero-order valence-electron chi connectivity index (χ0n) is 11.9. The Morgan fingerprint density at radius 3 is 2.21 bits per heavy atom. The van der Waals surface area contributed by atoms with Gasteiger partial charge in [0, 0.05) is 11.8 Å². The standard InChI is InChI=1S/C13H21FN2O2S/c1-8-6-9(2)11(10(14)7-8)12(16-15)13(3,4)19(5,17)18/h6-7,12,16H,15H2,1-5H3. The van der Waals surface area contributed by atoms with Gasteiger partial charge >= 0.3 is 0 Å². The van der Waals surface area contributed by atoms with E-state index in [0.717, 1.165) is 11.8 Å². The van der Waals surface area contributed by atoms with E-state index in [1.807, 2.05) is 0 Å². The van der Waals surface area contributed by atoms with Crippen LogP contribution >= 0.6 is 0 Å². The lowest BCUT2D eigenvalue weighted by molar-refractivity contribution is 0.411. The van der Waals surface area contributed by atoms with Crippen molar-refractivity contribution in [1.29, 1.82) is 0 Å². The summed E-state index contributed by atoms with van der Waals surface area (Å²) >= 11 is 0. The van der Waals surface area contributed by atoms with E-state index in [2.05, 4.69) is 5.43 Å². The molecule has 108 valence electrons. The number of nitrogens with one attached hydrogen (secondary N) is 1. The van der Waals surface area contributed by atoms with Crippen molar-refractivity contribution in [2.45, 2.75) is 38.5 Å². The van der Waals surface area contributed by atoms with E-state index in [0.29, 0.717) is 11.1 Å². The number of halogens is 1. The fourth-order valence-corrected chi connectivity index (χ4v) is 2.75. The second kappa shape index (κ2) is 5.19. The van der Waals surface area contributed by atoms with Gasteiger partial charge in [-0.25, -0.2) is 12.8 Å². The Hall–Kier alpha value is -0.980. The van der Waals surface area contributed by atoms with Crippen molar-refractivity contribution in [3.8, 4) is 0 Å². The van der Waals surface area contributed by atoms with Gasteiger partial charge in [0.15, 0.2) is 9.84 Å². The van der Waals surface area contributed by atoms with Crippen LogP contribution in [0.5, 0.6) is 0 Å². The predicted molar refractivity (Wildman–Crippen MR) is 74.9 cm³/mol. The van der Waals surface area contributed by atoms with E-state index in [1.54, 1.807) is 19.9 Å². The first-order valence-corrected chi connectivity index (χ1v) is 7.84. The first-order chi connectivity index (χ1) is 8.52. The van der Waals surface area contributed by atoms with E-state index in [1.165, 1.54) is 19.9 Å². The van der Waals surface area contributed by atoms with Gasteiger partial charge in [-0.1, -0.05) is 6.07 Å². The monoisotopic (exact) mass is 288 g/mol. The van der Waals surface area contributed by atoms with Crippen molar-refractivity contribution in [3.05, 3.63) is 34.6 Å². The maximum absolute atomic E-state index is 14.2. The smallest absolute Gasteiger partial charge is 0.154 e. The number of hydrazine groups is 1. The van der Waals surface area contributed by atoms with Gasteiger partial charge < -0.3 is 0 Å². The van der Waals surface area contributed by atoms with Crippen LogP contribution in [0.15, 0.2) is 12.1 Å². The zero-order valence-corrected chi connectivity index (χ0v) is 12.7. The van der Waals surface area contributed by atoms with Crippen LogP contribution in [0, 0.1) is 19.7 Å². The molecule has 0 fully saturated rings. The quantitative estimate of drug-likeness (QED) is 0.654. The predicted octanol–water partition coefficient (Wildman–Crippen LogP) is 1.77. The van der Waals surface area contributed by atoms with Crippen molar-refractivity contribution in [2.24, 2.45) is 5.84 Å². The van der Waals surface area contributed by atoms with Gasteiger partial charge in [0.05, 0.1) is 10.8 Å². The summed E-state index contributed by atoms with van der Waals surface area (Å²) in [6.45, 7) is 6.59. The Morgan fingerprint density at radius 2 is 1.84 bits per heavy atom. The van der Waals surface area contributed by atoms with Gasteiger partial charge in [0.1, 0.15) is 5.82 Å². The van der Waals surface area contributed by atoms with Crippen LogP contribution in [0.1, 0.15) is 36.6 Å². The molecule has 1 atom stereocenters. The number of sulfone groups is 1. The second-order valence-corrected chi connectivity index (χ2v) is 8.05. The first kappa shape index (κ1) is 16.1. The van der Waals surface area contributed by atoms with Gasteiger partial charge in [0.2, 0.25) is 0 Å². The molecule has 1 aromatic rings. The summed E-state index contributed by atoms with van der Waals surface area (Å²) < 4.78 is 36.8. The fraction of sp³-hybridized carbons (Fsp3) is 0.538. The summed E-state index contributed by atoms with van der Waals surface area (Å²) in [6.07, 6.45) is 1.12. The molecule has 1 rings (SSSR count). The number of hydrogen-bond donors (Lipinski definition) is 2. The number of hydrogen-bond acceptors (Lipinski definition) is 4. The number of rotatable bonds is 4. The molecule has 0 aliphatic carbocycles. The first-order valence-electron chi connectivity index (χ1n) is 5.94. The molecule has 0 heterocycles. The molecule has 4 nitrogen and oxygen atoms in total. The SMILES string of the molecule is Cc1cc(C)c(C(NN)C(C)(C)S(C)(=O)=O)c(F)c1. The Balaban J connectivity index is 3.50. The summed E-state index contributed by atoms with van der Waals surface area (Å²) in [5, 5.41) is 0. The normalized spacial score (nSPS) is 14.5. The Kier molecular flexibility index (Phi) is 4.39.